The molecule has 2 rings (SSSR count). The van der Waals surface area contributed by atoms with E-state index in [1.807, 2.05) is 22.8 Å². The number of urea groups is 1. The van der Waals surface area contributed by atoms with E-state index in [1.165, 1.54) is 11.3 Å². The number of hydrogen-bond acceptors (Lipinski definition) is 4. The van der Waals surface area contributed by atoms with Crippen LogP contribution in [-0.4, -0.2) is 17.4 Å². The Kier molecular flexibility index (Phi) is 3.46. The minimum Gasteiger partial charge on any atom is -0.308 e. The lowest BCUT2D eigenvalue weighted by molar-refractivity contribution is -0.108. The first-order valence-electron chi connectivity index (χ1n) is 4.80. The highest BCUT2D eigenvalue weighted by atomic mass is 32.1. The lowest BCUT2D eigenvalue weighted by atomic mass is 10.2. The number of carbonyl (C=O) groups excluding carboxylic acids is 2. The van der Waals surface area contributed by atoms with Crippen LogP contribution >= 0.6 is 11.3 Å². The van der Waals surface area contributed by atoms with Gasteiger partial charge in [-0.15, -0.1) is 11.3 Å². The minimum absolute atomic E-state index is 0.333. The summed E-state index contributed by atoms with van der Waals surface area (Å²) in [4.78, 5) is 25.4. The summed E-state index contributed by atoms with van der Waals surface area (Å²) in [6, 6.07) is 6.69. The van der Waals surface area contributed by atoms with Crippen LogP contribution in [0.25, 0.3) is 10.6 Å². The van der Waals surface area contributed by atoms with Crippen molar-refractivity contribution in [2.75, 3.05) is 5.32 Å². The first-order chi connectivity index (χ1) is 8.29. The molecule has 6 heteroatoms. The van der Waals surface area contributed by atoms with Crippen LogP contribution in [0.1, 0.15) is 0 Å². The number of benzene rings is 1. The Balaban J connectivity index is 2.17. The highest BCUT2D eigenvalue weighted by molar-refractivity contribution is 7.13. The van der Waals surface area contributed by atoms with Gasteiger partial charge in [0.15, 0.2) is 0 Å². The monoisotopic (exact) mass is 247 g/mol. The molecular weight excluding hydrogens is 238 g/mol. The molecule has 0 aliphatic rings. The molecule has 0 radical (unpaired) electrons. The fraction of sp³-hybridized carbons (Fsp3) is 0. The number of hydrogen-bond donors (Lipinski definition) is 2. The van der Waals surface area contributed by atoms with Gasteiger partial charge < -0.3 is 5.32 Å². The van der Waals surface area contributed by atoms with Gasteiger partial charge in [0.1, 0.15) is 5.01 Å². The van der Waals surface area contributed by atoms with Crippen molar-refractivity contribution < 1.29 is 9.59 Å². The lowest BCUT2D eigenvalue weighted by Crippen LogP contribution is -2.27. The average molecular weight is 247 g/mol. The number of aromatic nitrogens is 1. The number of amides is 3. The molecule has 5 nitrogen and oxygen atoms in total. The average Bonchev–Trinajstić information content (AvgIpc) is 2.83. The van der Waals surface area contributed by atoms with E-state index in [0.29, 0.717) is 12.1 Å². The second kappa shape index (κ2) is 5.22. The van der Waals surface area contributed by atoms with Crippen LogP contribution < -0.4 is 10.6 Å². The molecule has 0 saturated heterocycles. The zero-order chi connectivity index (χ0) is 12.1. The van der Waals surface area contributed by atoms with Crippen molar-refractivity contribution in [1.29, 1.82) is 0 Å². The van der Waals surface area contributed by atoms with Gasteiger partial charge in [-0.1, -0.05) is 12.1 Å². The molecule has 0 aliphatic heterocycles. The van der Waals surface area contributed by atoms with Crippen molar-refractivity contribution in [1.82, 2.24) is 10.3 Å². The first-order valence-corrected chi connectivity index (χ1v) is 5.68. The van der Waals surface area contributed by atoms with E-state index in [0.717, 1.165) is 10.6 Å². The van der Waals surface area contributed by atoms with Crippen molar-refractivity contribution in [3.05, 3.63) is 35.8 Å². The SMILES string of the molecule is O=CNC(=O)Nc1cccc(-c2nccs2)c1. The van der Waals surface area contributed by atoms with Gasteiger partial charge in [-0.2, -0.15) is 0 Å². The third-order valence-corrected chi connectivity index (χ3v) is 2.81. The van der Waals surface area contributed by atoms with Gasteiger partial charge >= 0.3 is 6.03 Å². The number of nitrogens with one attached hydrogen (secondary N) is 2. The first kappa shape index (κ1) is 11.3. The highest BCUT2D eigenvalue weighted by Gasteiger charge is 2.03. The summed E-state index contributed by atoms with van der Waals surface area (Å²) in [5.41, 5.74) is 1.53. The van der Waals surface area contributed by atoms with Gasteiger partial charge in [0.05, 0.1) is 0 Å². The lowest BCUT2D eigenvalue weighted by Gasteiger charge is -2.04. The number of thiazole rings is 1. The fourth-order valence-corrected chi connectivity index (χ4v) is 1.95. The number of carbonyl (C=O) groups is 2. The normalized spacial score (nSPS) is 9.65. The number of rotatable bonds is 3. The highest BCUT2D eigenvalue weighted by Crippen LogP contribution is 2.24. The Bertz CT molecular complexity index is 525. The molecular formula is C11H9N3O2S. The standard InChI is InChI=1S/C11H9N3O2S/c15-7-13-11(16)14-9-3-1-2-8(6-9)10-12-4-5-17-10/h1-7H,(H2,13,14,15,16). The molecule has 86 valence electrons. The predicted octanol–water partition coefficient (Wildman–Crippen LogP) is 2.09. The summed E-state index contributed by atoms with van der Waals surface area (Å²) >= 11 is 1.52. The molecule has 3 amide bonds. The zero-order valence-electron chi connectivity index (χ0n) is 8.71. The molecule has 1 heterocycles. The summed E-state index contributed by atoms with van der Waals surface area (Å²) in [7, 11) is 0. The molecule has 0 saturated carbocycles. The summed E-state index contributed by atoms with van der Waals surface area (Å²) in [6.07, 6.45) is 2.05. The van der Waals surface area contributed by atoms with E-state index in [9.17, 15) is 9.59 Å². The third kappa shape index (κ3) is 2.88. The molecule has 0 fully saturated rings. The Hall–Kier alpha value is -2.21. The maximum absolute atomic E-state index is 11.1. The Morgan fingerprint density at radius 2 is 2.29 bits per heavy atom. The molecule has 2 aromatic rings. The van der Waals surface area contributed by atoms with Crippen LogP contribution in [0.5, 0.6) is 0 Å². The molecule has 2 N–H and O–H groups in total. The van der Waals surface area contributed by atoms with Crippen LogP contribution in [-0.2, 0) is 4.79 Å². The molecule has 0 aliphatic carbocycles. The molecule has 0 atom stereocenters. The Labute approximate surface area is 102 Å². The van der Waals surface area contributed by atoms with Crippen molar-refractivity contribution in [3.8, 4) is 10.6 Å². The van der Waals surface area contributed by atoms with Gasteiger partial charge in [-0.3, -0.25) is 10.1 Å². The maximum Gasteiger partial charge on any atom is 0.325 e. The quantitative estimate of drug-likeness (QED) is 0.816. The van der Waals surface area contributed by atoms with E-state index in [1.54, 1.807) is 18.3 Å². The Morgan fingerprint density at radius 3 is 3.00 bits per heavy atom. The van der Waals surface area contributed by atoms with E-state index in [-0.39, 0.29) is 0 Å². The van der Waals surface area contributed by atoms with Crippen LogP contribution in [0.4, 0.5) is 10.5 Å². The van der Waals surface area contributed by atoms with Gasteiger partial charge in [0.25, 0.3) is 0 Å². The second-order valence-corrected chi connectivity index (χ2v) is 4.03. The summed E-state index contributed by atoms with van der Waals surface area (Å²) in [5, 5.41) is 7.31. The minimum atomic E-state index is -0.559. The van der Waals surface area contributed by atoms with Crippen LogP contribution in [0.15, 0.2) is 35.8 Å². The van der Waals surface area contributed by atoms with E-state index < -0.39 is 6.03 Å². The zero-order valence-corrected chi connectivity index (χ0v) is 9.53. The molecule has 1 aromatic carbocycles. The molecule has 17 heavy (non-hydrogen) atoms. The van der Waals surface area contributed by atoms with Crippen molar-refractivity contribution >= 4 is 29.5 Å². The van der Waals surface area contributed by atoms with Gasteiger partial charge in [-0.05, 0) is 12.1 Å². The molecule has 1 aromatic heterocycles. The summed E-state index contributed by atoms with van der Waals surface area (Å²) in [6.45, 7) is 0. The molecule has 0 spiro atoms. The molecule has 0 unspecified atom stereocenters. The Morgan fingerprint density at radius 1 is 1.41 bits per heavy atom. The largest absolute Gasteiger partial charge is 0.325 e. The summed E-state index contributed by atoms with van der Waals surface area (Å²) in [5.74, 6) is 0. The maximum atomic E-state index is 11.1. The van der Waals surface area contributed by atoms with Crippen LogP contribution in [0.3, 0.4) is 0 Å². The van der Waals surface area contributed by atoms with Crippen molar-refractivity contribution in [2.24, 2.45) is 0 Å². The number of imide groups is 1. The van der Waals surface area contributed by atoms with Crippen LogP contribution in [0.2, 0.25) is 0 Å². The van der Waals surface area contributed by atoms with Gasteiger partial charge in [-0.25, -0.2) is 9.78 Å². The topological polar surface area (TPSA) is 71.1 Å². The second-order valence-electron chi connectivity index (χ2n) is 3.13. The summed E-state index contributed by atoms with van der Waals surface area (Å²) < 4.78 is 0. The predicted molar refractivity (Wildman–Crippen MR) is 65.8 cm³/mol. The van der Waals surface area contributed by atoms with Crippen molar-refractivity contribution in [2.45, 2.75) is 0 Å². The van der Waals surface area contributed by atoms with E-state index in [4.69, 9.17) is 0 Å². The van der Waals surface area contributed by atoms with Crippen LogP contribution in [0, 0.1) is 0 Å². The fourth-order valence-electron chi connectivity index (χ4n) is 1.32. The number of anilines is 1. The van der Waals surface area contributed by atoms with E-state index >= 15 is 0 Å². The third-order valence-electron chi connectivity index (χ3n) is 1.99. The smallest absolute Gasteiger partial charge is 0.308 e. The molecule has 0 bridgehead atoms. The van der Waals surface area contributed by atoms with Gasteiger partial charge in [0.2, 0.25) is 6.41 Å². The van der Waals surface area contributed by atoms with Gasteiger partial charge in [0, 0.05) is 22.8 Å². The van der Waals surface area contributed by atoms with Crippen molar-refractivity contribution in [3.63, 3.8) is 0 Å². The number of nitrogens with zero attached hydrogens (tertiary/aromatic N) is 1. The van der Waals surface area contributed by atoms with E-state index in [2.05, 4.69) is 10.3 Å².